The molecule has 0 aliphatic carbocycles. The maximum atomic E-state index is 3.76. The van der Waals surface area contributed by atoms with Crippen LogP contribution in [0.15, 0.2) is 60.7 Å². The van der Waals surface area contributed by atoms with Gasteiger partial charge in [0.05, 0.1) is 0 Å². The van der Waals surface area contributed by atoms with Crippen LogP contribution in [0.25, 0.3) is 0 Å². The summed E-state index contributed by atoms with van der Waals surface area (Å²) in [7, 11) is 0.957. The summed E-state index contributed by atoms with van der Waals surface area (Å²) in [5.74, 6) is 6.38. The standard InChI is InChI=1S/C23H27BSi/c1-3-8-19(9-4-1)23(20-10-5-2-6-11-20)25-17-16-18-14-15-21-12-7-13-22(18)24-21/h1-6,8-11,18,21-24H,7,12-15,25H2. The summed E-state index contributed by atoms with van der Waals surface area (Å²) in [6, 6.07) is 22.0. The zero-order chi connectivity index (χ0) is 16.9. The van der Waals surface area contributed by atoms with E-state index in [-0.39, 0.29) is 0 Å². The molecule has 3 unspecified atom stereocenters. The lowest BCUT2D eigenvalue weighted by molar-refractivity contribution is 0.399. The summed E-state index contributed by atoms with van der Waals surface area (Å²) in [4.78, 5) is 0. The van der Waals surface area contributed by atoms with E-state index in [4.69, 9.17) is 0 Å². The smallest absolute Gasteiger partial charge is 0.129 e. The van der Waals surface area contributed by atoms with Crippen LogP contribution < -0.4 is 0 Å². The molecule has 2 saturated heterocycles. The van der Waals surface area contributed by atoms with Crippen molar-refractivity contribution in [3.63, 3.8) is 0 Å². The SMILES string of the molecule is B1C2CCCC1C(C#C[SiH2]C(c1ccccc1)c1ccccc1)CC2. The molecular weight excluding hydrogens is 315 g/mol. The molecule has 25 heavy (non-hydrogen) atoms. The van der Waals surface area contributed by atoms with Crippen molar-refractivity contribution in [1.29, 1.82) is 0 Å². The molecule has 0 radical (unpaired) electrons. The Morgan fingerprint density at radius 2 is 1.52 bits per heavy atom. The number of hydrogen-bond donors (Lipinski definition) is 0. The highest BCUT2D eigenvalue weighted by molar-refractivity contribution is 6.49. The van der Waals surface area contributed by atoms with E-state index < -0.39 is 9.52 Å². The predicted molar refractivity (Wildman–Crippen MR) is 112 cm³/mol. The fourth-order valence-electron chi connectivity index (χ4n) is 4.89. The molecule has 2 fully saturated rings. The summed E-state index contributed by atoms with van der Waals surface area (Å²) in [5.41, 5.74) is 7.15. The van der Waals surface area contributed by atoms with E-state index in [0.29, 0.717) is 11.5 Å². The molecule has 0 spiro atoms. The van der Waals surface area contributed by atoms with Crippen LogP contribution in [0.1, 0.15) is 48.8 Å². The Morgan fingerprint density at radius 3 is 2.20 bits per heavy atom. The van der Waals surface area contributed by atoms with Gasteiger partial charge in [-0.2, -0.15) is 0 Å². The number of rotatable bonds is 3. The van der Waals surface area contributed by atoms with Crippen LogP contribution in [0.5, 0.6) is 0 Å². The Bertz CT molecular complexity index is 691. The van der Waals surface area contributed by atoms with Gasteiger partial charge < -0.3 is 0 Å². The lowest BCUT2D eigenvalue weighted by Crippen LogP contribution is -2.28. The van der Waals surface area contributed by atoms with Crippen LogP contribution in [0.3, 0.4) is 0 Å². The van der Waals surface area contributed by atoms with Gasteiger partial charge in [0.25, 0.3) is 0 Å². The van der Waals surface area contributed by atoms with Crippen molar-refractivity contribution in [3.05, 3.63) is 71.8 Å². The fraction of sp³-hybridized carbons (Fsp3) is 0.391. The van der Waals surface area contributed by atoms with Gasteiger partial charge in [0, 0.05) is 11.5 Å². The van der Waals surface area contributed by atoms with Gasteiger partial charge in [-0.1, -0.05) is 98.0 Å². The third-order valence-electron chi connectivity index (χ3n) is 6.28. The molecule has 126 valence electrons. The zero-order valence-electron chi connectivity index (χ0n) is 15.0. The largest absolute Gasteiger partial charge is 0.138 e. The molecule has 0 N–H and O–H groups in total. The number of fused-ring (bicyclic) bond motifs is 2. The van der Waals surface area contributed by atoms with E-state index in [0.717, 1.165) is 11.6 Å². The van der Waals surface area contributed by atoms with Gasteiger partial charge in [-0.25, -0.2) is 0 Å². The molecule has 0 saturated carbocycles. The highest BCUT2D eigenvalue weighted by Gasteiger charge is 2.33. The molecule has 2 aliphatic rings. The summed E-state index contributed by atoms with van der Waals surface area (Å²) in [6.45, 7) is 0. The van der Waals surface area contributed by atoms with E-state index in [1.807, 2.05) is 0 Å². The van der Waals surface area contributed by atoms with Gasteiger partial charge >= 0.3 is 0 Å². The van der Waals surface area contributed by atoms with E-state index in [2.05, 4.69) is 72.1 Å². The third kappa shape index (κ3) is 4.10. The van der Waals surface area contributed by atoms with E-state index in [1.54, 1.807) is 0 Å². The van der Waals surface area contributed by atoms with Gasteiger partial charge in [-0.05, 0) is 17.5 Å². The summed E-state index contributed by atoms with van der Waals surface area (Å²) in [6.07, 6.45) is 7.14. The molecule has 3 atom stereocenters. The van der Waals surface area contributed by atoms with Crippen molar-refractivity contribution >= 4 is 16.8 Å². The Labute approximate surface area is 155 Å². The summed E-state index contributed by atoms with van der Waals surface area (Å²) < 4.78 is 0. The van der Waals surface area contributed by atoms with E-state index >= 15 is 0 Å². The van der Waals surface area contributed by atoms with Gasteiger partial charge in [-0.15, -0.1) is 11.5 Å². The molecule has 4 rings (SSSR count). The molecule has 2 heterocycles. The minimum atomic E-state index is -0.503. The molecule has 0 nitrogen and oxygen atoms in total. The molecule has 2 bridgehead atoms. The second kappa shape index (κ2) is 8.11. The lowest BCUT2D eigenvalue weighted by Gasteiger charge is -2.37. The second-order valence-corrected chi connectivity index (χ2v) is 9.45. The van der Waals surface area contributed by atoms with Crippen LogP contribution in [-0.2, 0) is 0 Å². The highest BCUT2D eigenvalue weighted by atomic mass is 28.2. The van der Waals surface area contributed by atoms with Crippen LogP contribution in [-0.4, -0.2) is 16.8 Å². The lowest BCUT2D eigenvalue weighted by atomic mass is 9.41. The van der Waals surface area contributed by atoms with Gasteiger partial charge in [0.15, 0.2) is 0 Å². The third-order valence-corrected chi connectivity index (χ3v) is 8.04. The summed E-state index contributed by atoms with van der Waals surface area (Å²) >= 11 is 0. The van der Waals surface area contributed by atoms with Gasteiger partial charge in [-0.3, -0.25) is 0 Å². The predicted octanol–water partition coefficient (Wildman–Crippen LogP) is 4.51. The van der Waals surface area contributed by atoms with Crippen molar-refractivity contribution in [2.45, 2.75) is 49.3 Å². The van der Waals surface area contributed by atoms with Crippen LogP contribution in [0.4, 0.5) is 0 Å². The first-order valence-corrected chi connectivity index (χ1v) is 11.5. The first kappa shape index (κ1) is 16.7. The molecule has 2 aliphatic heterocycles. The number of hydrogen-bond acceptors (Lipinski definition) is 0. The van der Waals surface area contributed by atoms with Crippen molar-refractivity contribution < 1.29 is 0 Å². The topological polar surface area (TPSA) is 0 Å². The molecule has 2 aromatic rings. The monoisotopic (exact) mass is 342 g/mol. The van der Waals surface area contributed by atoms with Gasteiger partial charge in [0.2, 0.25) is 0 Å². The van der Waals surface area contributed by atoms with Crippen molar-refractivity contribution in [1.82, 2.24) is 0 Å². The fourth-order valence-corrected chi connectivity index (χ4v) is 6.49. The van der Waals surface area contributed by atoms with Crippen molar-refractivity contribution in [2.75, 3.05) is 0 Å². The molecule has 2 aromatic carbocycles. The minimum absolute atomic E-state index is 0.503. The van der Waals surface area contributed by atoms with Crippen LogP contribution in [0.2, 0.25) is 11.6 Å². The minimum Gasteiger partial charge on any atom is -0.138 e. The molecular formula is C23H27BSi. The van der Waals surface area contributed by atoms with Crippen molar-refractivity contribution in [3.8, 4) is 11.5 Å². The van der Waals surface area contributed by atoms with E-state index in [1.165, 1.54) is 50.5 Å². The summed E-state index contributed by atoms with van der Waals surface area (Å²) in [5, 5.41) is 0. The first-order chi connectivity index (χ1) is 12.4. The Morgan fingerprint density at radius 1 is 0.840 bits per heavy atom. The van der Waals surface area contributed by atoms with Crippen LogP contribution >= 0.6 is 0 Å². The average molecular weight is 342 g/mol. The van der Waals surface area contributed by atoms with Gasteiger partial charge in [0.1, 0.15) is 16.8 Å². The van der Waals surface area contributed by atoms with E-state index in [9.17, 15) is 0 Å². The Hall–Kier alpha value is -1.72. The van der Waals surface area contributed by atoms with Crippen molar-refractivity contribution in [2.24, 2.45) is 5.92 Å². The Balaban J connectivity index is 1.50. The number of benzene rings is 2. The normalized spacial score (nSPS) is 25.4. The highest BCUT2D eigenvalue weighted by Crippen LogP contribution is 2.44. The first-order valence-electron chi connectivity index (χ1n) is 9.98. The molecule has 2 heteroatoms. The van der Waals surface area contributed by atoms with Crippen LogP contribution in [0, 0.1) is 17.4 Å². The maximum Gasteiger partial charge on any atom is 0.129 e. The zero-order valence-corrected chi connectivity index (χ0v) is 16.4. The average Bonchev–Trinajstić information content (AvgIpc) is 2.68. The quantitative estimate of drug-likeness (QED) is 0.569. The second-order valence-electron chi connectivity index (χ2n) is 7.88. The Kier molecular flexibility index (Phi) is 5.43. The molecule has 0 amide bonds. The maximum absolute atomic E-state index is 3.76. The molecule has 0 aromatic heterocycles.